The molecule has 0 aliphatic rings. The standard InChI is InChI=1S/C13H12N2OS/c1-8-15-7-12(17-8)13(14)11-6-9-4-2-3-5-10(9)16-11/h2-7,13H,14H2,1H3. The van der Waals surface area contributed by atoms with Crippen LogP contribution >= 0.6 is 11.3 Å². The number of thiazole rings is 1. The van der Waals surface area contributed by atoms with Gasteiger partial charge in [0.25, 0.3) is 0 Å². The molecular formula is C13H12N2OS. The van der Waals surface area contributed by atoms with Crippen LogP contribution in [0.3, 0.4) is 0 Å². The molecule has 1 unspecified atom stereocenters. The SMILES string of the molecule is Cc1ncc(C(N)c2cc3ccccc3o2)s1. The van der Waals surface area contributed by atoms with Gasteiger partial charge in [-0.25, -0.2) is 4.98 Å². The van der Waals surface area contributed by atoms with Crippen LogP contribution in [0.4, 0.5) is 0 Å². The van der Waals surface area contributed by atoms with Crippen molar-refractivity contribution in [1.82, 2.24) is 4.98 Å². The number of rotatable bonds is 2. The van der Waals surface area contributed by atoms with Crippen LogP contribution in [-0.4, -0.2) is 4.98 Å². The molecule has 0 aliphatic carbocycles. The van der Waals surface area contributed by atoms with Crippen molar-refractivity contribution in [3.8, 4) is 0 Å². The van der Waals surface area contributed by atoms with Gasteiger partial charge in [0.05, 0.1) is 11.0 Å². The zero-order valence-electron chi connectivity index (χ0n) is 9.38. The molecule has 0 spiro atoms. The summed E-state index contributed by atoms with van der Waals surface area (Å²) < 4.78 is 5.75. The number of para-hydroxylation sites is 1. The van der Waals surface area contributed by atoms with E-state index in [2.05, 4.69) is 4.98 Å². The van der Waals surface area contributed by atoms with Crippen molar-refractivity contribution in [1.29, 1.82) is 0 Å². The maximum atomic E-state index is 6.17. The first kappa shape index (κ1) is 10.5. The molecule has 0 saturated carbocycles. The normalized spacial score (nSPS) is 13.1. The van der Waals surface area contributed by atoms with Gasteiger partial charge in [-0.2, -0.15) is 0 Å². The molecule has 0 radical (unpaired) electrons. The topological polar surface area (TPSA) is 52.0 Å². The fourth-order valence-corrected chi connectivity index (χ4v) is 2.61. The van der Waals surface area contributed by atoms with Crippen molar-refractivity contribution < 1.29 is 4.42 Å². The van der Waals surface area contributed by atoms with Gasteiger partial charge in [0.2, 0.25) is 0 Å². The predicted octanol–water partition coefficient (Wildman–Crippen LogP) is 3.25. The van der Waals surface area contributed by atoms with Gasteiger partial charge in [-0.3, -0.25) is 0 Å². The third kappa shape index (κ3) is 1.85. The minimum Gasteiger partial charge on any atom is -0.459 e. The van der Waals surface area contributed by atoms with Crippen LogP contribution in [0.15, 0.2) is 40.9 Å². The molecule has 3 rings (SSSR count). The van der Waals surface area contributed by atoms with Crippen molar-refractivity contribution in [2.45, 2.75) is 13.0 Å². The molecule has 0 amide bonds. The maximum absolute atomic E-state index is 6.17. The van der Waals surface area contributed by atoms with Crippen LogP contribution in [-0.2, 0) is 0 Å². The first-order valence-electron chi connectivity index (χ1n) is 5.40. The van der Waals surface area contributed by atoms with E-state index in [0.29, 0.717) is 0 Å². The fraction of sp³-hybridized carbons (Fsp3) is 0.154. The summed E-state index contributed by atoms with van der Waals surface area (Å²) in [5, 5.41) is 2.10. The van der Waals surface area contributed by atoms with Gasteiger partial charge in [-0.1, -0.05) is 18.2 Å². The fourth-order valence-electron chi connectivity index (χ4n) is 1.82. The molecule has 1 aromatic carbocycles. The lowest BCUT2D eigenvalue weighted by molar-refractivity contribution is 0.527. The minimum absolute atomic E-state index is 0.228. The highest BCUT2D eigenvalue weighted by Gasteiger charge is 2.16. The maximum Gasteiger partial charge on any atom is 0.134 e. The average molecular weight is 244 g/mol. The molecule has 2 N–H and O–H groups in total. The molecule has 17 heavy (non-hydrogen) atoms. The summed E-state index contributed by atoms with van der Waals surface area (Å²) >= 11 is 1.60. The van der Waals surface area contributed by atoms with Crippen LogP contribution in [0.1, 0.15) is 21.7 Å². The lowest BCUT2D eigenvalue weighted by Crippen LogP contribution is -2.08. The molecule has 0 aliphatic heterocycles. The number of nitrogens with two attached hydrogens (primary N) is 1. The van der Waals surface area contributed by atoms with Gasteiger partial charge in [-0.15, -0.1) is 11.3 Å². The van der Waals surface area contributed by atoms with E-state index in [-0.39, 0.29) is 6.04 Å². The number of aromatic nitrogens is 1. The summed E-state index contributed by atoms with van der Waals surface area (Å²) in [4.78, 5) is 5.24. The second-order valence-corrected chi connectivity index (χ2v) is 5.21. The van der Waals surface area contributed by atoms with E-state index in [1.165, 1.54) is 0 Å². The second kappa shape index (κ2) is 3.98. The van der Waals surface area contributed by atoms with E-state index in [1.54, 1.807) is 11.3 Å². The van der Waals surface area contributed by atoms with E-state index in [9.17, 15) is 0 Å². The third-order valence-electron chi connectivity index (χ3n) is 2.70. The summed E-state index contributed by atoms with van der Waals surface area (Å²) in [6, 6.07) is 9.68. The van der Waals surface area contributed by atoms with Crippen molar-refractivity contribution in [3.63, 3.8) is 0 Å². The van der Waals surface area contributed by atoms with Gasteiger partial charge in [-0.05, 0) is 19.1 Å². The van der Waals surface area contributed by atoms with Gasteiger partial charge in [0, 0.05) is 16.5 Å². The molecule has 0 fully saturated rings. The summed E-state index contributed by atoms with van der Waals surface area (Å²) in [6.07, 6.45) is 1.82. The van der Waals surface area contributed by atoms with E-state index in [0.717, 1.165) is 26.6 Å². The Hall–Kier alpha value is -1.65. The van der Waals surface area contributed by atoms with Crippen LogP contribution in [0.25, 0.3) is 11.0 Å². The number of benzene rings is 1. The van der Waals surface area contributed by atoms with Crippen LogP contribution in [0.2, 0.25) is 0 Å². The Morgan fingerprint density at radius 1 is 1.35 bits per heavy atom. The zero-order chi connectivity index (χ0) is 11.8. The Bertz CT molecular complexity index is 623. The number of aryl methyl sites for hydroxylation is 1. The monoisotopic (exact) mass is 244 g/mol. The highest BCUT2D eigenvalue weighted by atomic mass is 32.1. The molecule has 86 valence electrons. The average Bonchev–Trinajstić information content (AvgIpc) is 2.93. The molecule has 3 aromatic rings. The molecule has 0 saturated heterocycles. The van der Waals surface area contributed by atoms with Gasteiger partial charge < -0.3 is 10.2 Å². The summed E-state index contributed by atoms with van der Waals surface area (Å²) in [7, 11) is 0. The van der Waals surface area contributed by atoms with E-state index in [1.807, 2.05) is 43.5 Å². The predicted molar refractivity (Wildman–Crippen MR) is 69.1 cm³/mol. The van der Waals surface area contributed by atoms with Crippen LogP contribution in [0.5, 0.6) is 0 Å². The number of fused-ring (bicyclic) bond motifs is 1. The van der Waals surface area contributed by atoms with Gasteiger partial charge in [0.1, 0.15) is 11.3 Å². The number of hydrogen-bond acceptors (Lipinski definition) is 4. The Balaban J connectivity index is 2.03. The number of hydrogen-bond donors (Lipinski definition) is 1. The molecule has 3 nitrogen and oxygen atoms in total. The third-order valence-corrected chi connectivity index (χ3v) is 3.69. The highest BCUT2D eigenvalue weighted by molar-refractivity contribution is 7.11. The van der Waals surface area contributed by atoms with Crippen LogP contribution < -0.4 is 5.73 Å². The molecule has 4 heteroatoms. The Kier molecular flexibility index (Phi) is 2.46. The molecular weight excluding hydrogens is 232 g/mol. The van der Waals surface area contributed by atoms with Gasteiger partial charge >= 0.3 is 0 Å². The lowest BCUT2D eigenvalue weighted by Gasteiger charge is -2.03. The second-order valence-electron chi connectivity index (χ2n) is 3.95. The number of nitrogens with zero attached hydrogens (tertiary/aromatic N) is 1. The minimum atomic E-state index is -0.228. The van der Waals surface area contributed by atoms with Crippen molar-refractivity contribution >= 4 is 22.3 Å². The van der Waals surface area contributed by atoms with Crippen molar-refractivity contribution in [3.05, 3.63) is 52.2 Å². The van der Waals surface area contributed by atoms with Crippen molar-refractivity contribution in [2.75, 3.05) is 0 Å². The quantitative estimate of drug-likeness (QED) is 0.752. The van der Waals surface area contributed by atoms with E-state index < -0.39 is 0 Å². The molecule has 1 atom stereocenters. The van der Waals surface area contributed by atoms with Crippen molar-refractivity contribution in [2.24, 2.45) is 5.73 Å². The van der Waals surface area contributed by atoms with E-state index in [4.69, 9.17) is 10.2 Å². The first-order chi connectivity index (χ1) is 8.24. The smallest absolute Gasteiger partial charge is 0.134 e. The number of furan rings is 1. The summed E-state index contributed by atoms with van der Waals surface area (Å²) in [6.45, 7) is 1.97. The van der Waals surface area contributed by atoms with Crippen LogP contribution in [0, 0.1) is 6.92 Å². The summed E-state index contributed by atoms with van der Waals surface area (Å²) in [5.41, 5.74) is 7.04. The zero-order valence-corrected chi connectivity index (χ0v) is 10.2. The van der Waals surface area contributed by atoms with E-state index >= 15 is 0 Å². The lowest BCUT2D eigenvalue weighted by atomic mass is 10.2. The molecule has 2 aromatic heterocycles. The molecule has 2 heterocycles. The summed E-state index contributed by atoms with van der Waals surface area (Å²) in [5.74, 6) is 0.787. The Morgan fingerprint density at radius 3 is 2.88 bits per heavy atom. The molecule has 0 bridgehead atoms. The largest absolute Gasteiger partial charge is 0.459 e. The first-order valence-corrected chi connectivity index (χ1v) is 6.22. The Morgan fingerprint density at radius 2 is 2.18 bits per heavy atom. The Labute approximate surface area is 103 Å². The highest BCUT2D eigenvalue weighted by Crippen LogP contribution is 2.29. The van der Waals surface area contributed by atoms with Gasteiger partial charge in [0.15, 0.2) is 0 Å².